The van der Waals surface area contributed by atoms with Gasteiger partial charge >= 0.3 is 0 Å². The lowest BCUT2D eigenvalue weighted by molar-refractivity contribution is -0.144. The van der Waals surface area contributed by atoms with Crippen LogP contribution in [0.4, 0.5) is 0 Å². The largest absolute Gasteiger partial charge is 0.380 e. The zero-order valence-corrected chi connectivity index (χ0v) is 16.9. The van der Waals surface area contributed by atoms with Gasteiger partial charge in [0, 0.05) is 51.5 Å². The number of carbonyl (C=O) groups is 2. The smallest absolute Gasteiger partial charge is 0.233 e. The second-order valence-electron chi connectivity index (χ2n) is 8.23. The van der Waals surface area contributed by atoms with Crippen LogP contribution in [0.1, 0.15) is 19.8 Å². The molecule has 0 unspecified atom stereocenters. The Morgan fingerprint density at radius 2 is 2.11 bits per heavy atom. The van der Waals surface area contributed by atoms with E-state index in [-0.39, 0.29) is 17.7 Å². The number of amides is 2. The van der Waals surface area contributed by atoms with Crippen molar-refractivity contribution in [1.29, 1.82) is 0 Å². The Morgan fingerprint density at radius 3 is 2.81 bits per heavy atom. The average Bonchev–Trinajstić information content (AvgIpc) is 3.34. The van der Waals surface area contributed by atoms with E-state index >= 15 is 0 Å². The predicted octanol–water partition coefficient (Wildman–Crippen LogP) is 1.25. The normalized spacial score (nSPS) is 28.6. The minimum Gasteiger partial charge on any atom is -0.380 e. The number of fused-ring (bicyclic) bond motifs is 1. The zero-order chi connectivity index (χ0) is 19.0. The summed E-state index contributed by atoms with van der Waals surface area (Å²) >= 11 is 1.45. The highest BCUT2D eigenvalue weighted by molar-refractivity contribution is 7.99. The molecule has 0 spiro atoms. The van der Waals surface area contributed by atoms with Gasteiger partial charge in [-0.15, -0.1) is 0 Å². The summed E-state index contributed by atoms with van der Waals surface area (Å²) in [7, 11) is 1.92. The SMILES string of the molecule is CC1CCN(C(=O)[C@]23COC[C@H]2CN(C(=O)CSc2nccn2C)C3)CC1. The Bertz CT molecular complexity index is 716. The van der Waals surface area contributed by atoms with Gasteiger partial charge in [0.1, 0.15) is 0 Å². The molecule has 0 bridgehead atoms. The zero-order valence-electron chi connectivity index (χ0n) is 16.1. The van der Waals surface area contributed by atoms with Crippen molar-refractivity contribution in [2.45, 2.75) is 24.9 Å². The second kappa shape index (κ2) is 7.47. The average molecular weight is 393 g/mol. The van der Waals surface area contributed by atoms with Crippen molar-refractivity contribution in [3.05, 3.63) is 12.4 Å². The molecule has 27 heavy (non-hydrogen) atoms. The Hall–Kier alpha value is -1.54. The second-order valence-corrected chi connectivity index (χ2v) is 9.17. The van der Waals surface area contributed by atoms with E-state index in [4.69, 9.17) is 4.74 Å². The summed E-state index contributed by atoms with van der Waals surface area (Å²) in [4.78, 5) is 34.3. The fraction of sp³-hybridized carbons (Fsp3) is 0.737. The number of carbonyl (C=O) groups excluding carboxylic acids is 2. The van der Waals surface area contributed by atoms with E-state index < -0.39 is 5.41 Å². The number of thioether (sulfide) groups is 1. The number of rotatable bonds is 4. The van der Waals surface area contributed by atoms with Crippen LogP contribution in [0.2, 0.25) is 0 Å². The standard InChI is InChI=1S/C19H28N4O3S/c1-14-3-6-22(7-4-14)17(25)19-12-23(9-15(19)10-26-13-19)16(24)11-27-18-20-5-8-21(18)2/h5,8,14-15H,3-4,6-7,9-13H2,1-2H3/t15-,19-/m1/s1. The van der Waals surface area contributed by atoms with E-state index in [0.29, 0.717) is 38.0 Å². The molecule has 8 heteroatoms. The molecule has 3 aliphatic heterocycles. The summed E-state index contributed by atoms with van der Waals surface area (Å²) in [5, 5.41) is 0.833. The first-order valence-electron chi connectivity index (χ1n) is 9.74. The van der Waals surface area contributed by atoms with Crippen LogP contribution >= 0.6 is 11.8 Å². The highest BCUT2D eigenvalue weighted by Crippen LogP contribution is 2.43. The highest BCUT2D eigenvalue weighted by Gasteiger charge is 2.57. The van der Waals surface area contributed by atoms with Crippen LogP contribution in [0, 0.1) is 17.3 Å². The van der Waals surface area contributed by atoms with Gasteiger partial charge in [0.2, 0.25) is 11.8 Å². The number of ether oxygens (including phenoxy) is 1. The molecular formula is C19H28N4O3S. The molecule has 1 aromatic rings. The monoisotopic (exact) mass is 392 g/mol. The molecule has 0 aromatic carbocycles. The third kappa shape index (κ3) is 3.49. The lowest BCUT2D eigenvalue weighted by Gasteiger charge is -2.37. The molecule has 148 valence electrons. The van der Waals surface area contributed by atoms with Crippen molar-refractivity contribution in [3.63, 3.8) is 0 Å². The summed E-state index contributed by atoms with van der Waals surface area (Å²) < 4.78 is 7.62. The van der Waals surface area contributed by atoms with Crippen molar-refractivity contribution in [2.75, 3.05) is 45.1 Å². The van der Waals surface area contributed by atoms with Gasteiger partial charge in [-0.3, -0.25) is 9.59 Å². The number of imidazole rings is 1. The Kier molecular flexibility index (Phi) is 5.20. The number of hydrogen-bond acceptors (Lipinski definition) is 5. The van der Waals surface area contributed by atoms with Gasteiger partial charge in [-0.25, -0.2) is 4.98 Å². The summed E-state index contributed by atoms with van der Waals surface area (Å²) in [5.41, 5.74) is -0.538. The molecule has 0 N–H and O–H groups in total. The fourth-order valence-corrected chi connectivity index (χ4v) is 5.30. The first kappa shape index (κ1) is 18.8. The molecule has 2 amide bonds. The molecule has 0 aliphatic carbocycles. The van der Waals surface area contributed by atoms with E-state index in [9.17, 15) is 9.59 Å². The molecule has 1 aromatic heterocycles. The van der Waals surface area contributed by atoms with Crippen molar-refractivity contribution in [2.24, 2.45) is 24.3 Å². The lowest BCUT2D eigenvalue weighted by atomic mass is 9.79. The molecule has 3 fully saturated rings. The number of aryl methyl sites for hydroxylation is 1. The van der Waals surface area contributed by atoms with Crippen LogP contribution < -0.4 is 0 Å². The topological polar surface area (TPSA) is 67.7 Å². The van der Waals surface area contributed by atoms with E-state index in [1.165, 1.54) is 11.8 Å². The van der Waals surface area contributed by atoms with Crippen LogP contribution in [0.5, 0.6) is 0 Å². The number of piperidine rings is 1. The summed E-state index contributed by atoms with van der Waals surface area (Å²) in [6.45, 7) is 6.04. The van der Waals surface area contributed by atoms with Gasteiger partial charge in [-0.2, -0.15) is 0 Å². The van der Waals surface area contributed by atoms with Gasteiger partial charge in [0.15, 0.2) is 5.16 Å². The highest BCUT2D eigenvalue weighted by atomic mass is 32.2. The molecule has 0 radical (unpaired) electrons. The van der Waals surface area contributed by atoms with Crippen molar-refractivity contribution >= 4 is 23.6 Å². The first-order chi connectivity index (χ1) is 13.0. The van der Waals surface area contributed by atoms with Crippen molar-refractivity contribution < 1.29 is 14.3 Å². The van der Waals surface area contributed by atoms with Crippen LogP contribution in [-0.4, -0.2) is 76.3 Å². The minimum absolute atomic E-state index is 0.0804. The van der Waals surface area contributed by atoms with E-state index in [0.717, 1.165) is 31.1 Å². The molecule has 7 nitrogen and oxygen atoms in total. The number of likely N-dealkylation sites (tertiary alicyclic amines) is 2. The van der Waals surface area contributed by atoms with E-state index in [2.05, 4.69) is 11.9 Å². The van der Waals surface area contributed by atoms with Crippen LogP contribution in [0.25, 0.3) is 0 Å². The van der Waals surface area contributed by atoms with Gasteiger partial charge in [-0.05, 0) is 18.8 Å². The van der Waals surface area contributed by atoms with Gasteiger partial charge in [0.25, 0.3) is 0 Å². The molecule has 3 aliphatic rings. The van der Waals surface area contributed by atoms with Crippen LogP contribution in [0.15, 0.2) is 17.6 Å². The maximum atomic E-state index is 13.4. The molecule has 4 heterocycles. The van der Waals surface area contributed by atoms with Gasteiger partial charge in [-0.1, -0.05) is 18.7 Å². The van der Waals surface area contributed by atoms with Gasteiger partial charge < -0.3 is 19.1 Å². The maximum absolute atomic E-state index is 13.4. The Morgan fingerprint density at radius 1 is 1.33 bits per heavy atom. The quantitative estimate of drug-likeness (QED) is 0.722. The maximum Gasteiger partial charge on any atom is 0.233 e. The van der Waals surface area contributed by atoms with E-state index in [1.807, 2.05) is 27.6 Å². The minimum atomic E-state index is -0.538. The molecule has 3 saturated heterocycles. The molecular weight excluding hydrogens is 364 g/mol. The Balaban J connectivity index is 1.41. The third-order valence-electron chi connectivity index (χ3n) is 6.33. The Labute approximate surface area is 164 Å². The first-order valence-corrected chi connectivity index (χ1v) is 10.7. The number of nitrogens with zero attached hydrogens (tertiary/aromatic N) is 4. The van der Waals surface area contributed by atoms with Crippen molar-refractivity contribution in [1.82, 2.24) is 19.4 Å². The van der Waals surface area contributed by atoms with E-state index in [1.54, 1.807) is 6.20 Å². The molecule has 2 atom stereocenters. The van der Waals surface area contributed by atoms with Gasteiger partial charge in [0.05, 0.1) is 24.4 Å². The van der Waals surface area contributed by atoms with Crippen molar-refractivity contribution in [3.8, 4) is 0 Å². The summed E-state index contributed by atoms with van der Waals surface area (Å²) in [5.74, 6) is 1.43. The summed E-state index contributed by atoms with van der Waals surface area (Å²) in [6, 6.07) is 0. The lowest BCUT2D eigenvalue weighted by Crippen LogP contribution is -2.51. The van der Waals surface area contributed by atoms with Crippen LogP contribution in [0.3, 0.4) is 0 Å². The predicted molar refractivity (Wildman–Crippen MR) is 102 cm³/mol. The molecule has 0 saturated carbocycles. The number of aromatic nitrogens is 2. The third-order valence-corrected chi connectivity index (χ3v) is 7.37. The number of hydrogen-bond donors (Lipinski definition) is 0. The van der Waals surface area contributed by atoms with Crippen LogP contribution in [-0.2, 0) is 21.4 Å². The summed E-state index contributed by atoms with van der Waals surface area (Å²) in [6.07, 6.45) is 5.74. The molecule has 4 rings (SSSR count). The fourth-order valence-electron chi connectivity index (χ4n) is 4.46.